The molecule has 0 bridgehead atoms. The second-order valence-corrected chi connectivity index (χ2v) is 3.78. The number of hydrogen-bond acceptors (Lipinski definition) is 4. The maximum atomic E-state index is 11.0. The molecular formula is C12H17NO4. The number of nitrogens with two attached hydrogens (primary N) is 1. The van der Waals surface area contributed by atoms with Gasteiger partial charge in [-0.05, 0) is 25.5 Å². The molecule has 0 saturated heterocycles. The number of benzene rings is 1. The summed E-state index contributed by atoms with van der Waals surface area (Å²) in [6.07, 6.45) is 0. The average molecular weight is 239 g/mol. The quantitative estimate of drug-likeness (QED) is 0.830. The first-order valence-corrected chi connectivity index (χ1v) is 5.14. The lowest BCUT2D eigenvalue weighted by molar-refractivity contribution is -0.138. The van der Waals surface area contributed by atoms with Crippen molar-refractivity contribution in [2.24, 2.45) is 5.73 Å². The number of methoxy groups -OCH3 is 2. The maximum absolute atomic E-state index is 11.0. The minimum absolute atomic E-state index is 0.469. The SMILES string of the molecule is COc1cc(C)c(C(N)C(=O)O)c(OC)c1C. The number of carbonyl (C=O) groups is 1. The molecule has 94 valence electrons. The van der Waals surface area contributed by atoms with Gasteiger partial charge in [-0.15, -0.1) is 0 Å². The highest BCUT2D eigenvalue weighted by Gasteiger charge is 2.24. The summed E-state index contributed by atoms with van der Waals surface area (Å²) in [5, 5.41) is 8.99. The second-order valence-electron chi connectivity index (χ2n) is 3.78. The smallest absolute Gasteiger partial charge is 0.325 e. The van der Waals surface area contributed by atoms with Crippen molar-refractivity contribution in [3.8, 4) is 11.5 Å². The lowest BCUT2D eigenvalue weighted by Crippen LogP contribution is -2.22. The van der Waals surface area contributed by atoms with Gasteiger partial charge in [0.1, 0.15) is 17.5 Å². The zero-order valence-corrected chi connectivity index (χ0v) is 10.4. The van der Waals surface area contributed by atoms with Crippen LogP contribution in [0.1, 0.15) is 22.7 Å². The van der Waals surface area contributed by atoms with Crippen molar-refractivity contribution in [3.63, 3.8) is 0 Å². The van der Waals surface area contributed by atoms with Gasteiger partial charge in [0.25, 0.3) is 0 Å². The van der Waals surface area contributed by atoms with E-state index in [1.165, 1.54) is 7.11 Å². The molecule has 1 rings (SSSR count). The highest BCUT2D eigenvalue weighted by atomic mass is 16.5. The number of ether oxygens (including phenoxy) is 2. The molecule has 1 aromatic carbocycles. The first kappa shape index (κ1) is 13.3. The molecule has 0 aliphatic heterocycles. The summed E-state index contributed by atoms with van der Waals surface area (Å²) in [6.45, 7) is 3.58. The van der Waals surface area contributed by atoms with Crippen LogP contribution in [-0.2, 0) is 4.79 Å². The van der Waals surface area contributed by atoms with Gasteiger partial charge in [-0.3, -0.25) is 4.79 Å². The molecule has 3 N–H and O–H groups in total. The molecule has 1 atom stereocenters. The molecule has 0 radical (unpaired) electrons. The van der Waals surface area contributed by atoms with Crippen molar-refractivity contribution < 1.29 is 19.4 Å². The van der Waals surface area contributed by atoms with Crippen molar-refractivity contribution in [1.29, 1.82) is 0 Å². The van der Waals surface area contributed by atoms with E-state index in [-0.39, 0.29) is 0 Å². The van der Waals surface area contributed by atoms with Crippen LogP contribution in [0.15, 0.2) is 6.07 Å². The van der Waals surface area contributed by atoms with Gasteiger partial charge in [0.05, 0.1) is 14.2 Å². The third-order valence-electron chi connectivity index (χ3n) is 2.73. The van der Waals surface area contributed by atoms with Crippen LogP contribution < -0.4 is 15.2 Å². The molecule has 1 aromatic rings. The van der Waals surface area contributed by atoms with Gasteiger partial charge in [0, 0.05) is 11.1 Å². The minimum Gasteiger partial charge on any atom is -0.496 e. The molecule has 0 amide bonds. The molecule has 0 spiro atoms. The van der Waals surface area contributed by atoms with Gasteiger partial charge < -0.3 is 20.3 Å². The number of rotatable bonds is 4. The van der Waals surface area contributed by atoms with E-state index in [2.05, 4.69) is 0 Å². The maximum Gasteiger partial charge on any atom is 0.325 e. The van der Waals surface area contributed by atoms with Crippen molar-refractivity contribution in [1.82, 2.24) is 0 Å². The zero-order chi connectivity index (χ0) is 13.2. The molecule has 1 unspecified atom stereocenters. The van der Waals surface area contributed by atoms with Crippen LogP contribution >= 0.6 is 0 Å². The van der Waals surface area contributed by atoms with Crippen molar-refractivity contribution in [3.05, 3.63) is 22.8 Å². The summed E-state index contributed by atoms with van der Waals surface area (Å²) in [6, 6.07) is 0.658. The lowest BCUT2D eigenvalue weighted by Gasteiger charge is -2.19. The van der Waals surface area contributed by atoms with Crippen molar-refractivity contribution in [2.45, 2.75) is 19.9 Å². The summed E-state index contributed by atoms with van der Waals surface area (Å²) in [5.74, 6) is 0.0356. The molecule has 0 aromatic heterocycles. The first-order chi connectivity index (χ1) is 7.93. The second kappa shape index (κ2) is 5.05. The Kier molecular flexibility index (Phi) is 3.96. The summed E-state index contributed by atoms with van der Waals surface area (Å²) in [5.41, 5.74) is 7.62. The average Bonchev–Trinajstić information content (AvgIpc) is 2.29. The number of aryl methyl sites for hydroxylation is 1. The zero-order valence-electron chi connectivity index (χ0n) is 10.4. The summed E-state index contributed by atoms with van der Waals surface area (Å²) in [7, 11) is 3.04. The Morgan fingerprint density at radius 3 is 2.35 bits per heavy atom. The first-order valence-electron chi connectivity index (χ1n) is 5.14. The molecule has 0 aliphatic carbocycles. The summed E-state index contributed by atoms with van der Waals surface area (Å²) >= 11 is 0. The van der Waals surface area contributed by atoms with Crippen molar-refractivity contribution >= 4 is 5.97 Å². The van der Waals surface area contributed by atoms with Crippen molar-refractivity contribution in [2.75, 3.05) is 14.2 Å². The van der Waals surface area contributed by atoms with Crippen LogP contribution in [-0.4, -0.2) is 25.3 Å². The van der Waals surface area contributed by atoms with E-state index in [9.17, 15) is 4.79 Å². The monoisotopic (exact) mass is 239 g/mol. The largest absolute Gasteiger partial charge is 0.496 e. The van der Waals surface area contributed by atoms with Gasteiger partial charge in [-0.25, -0.2) is 0 Å². The van der Waals surface area contributed by atoms with E-state index < -0.39 is 12.0 Å². The fraction of sp³-hybridized carbons (Fsp3) is 0.417. The predicted octanol–water partition coefficient (Wildman–Crippen LogP) is 1.41. The highest BCUT2D eigenvalue weighted by molar-refractivity contribution is 5.78. The molecule has 17 heavy (non-hydrogen) atoms. The van der Waals surface area contributed by atoms with E-state index in [0.29, 0.717) is 17.1 Å². The van der Waals surface area contributed by atoms with Gasteiger partial charge in [0.2, 0.25) is 0 Å². The van der Waals surface area contributed by atoms with Gasteiger partial charge in [-0.2, -0.15) is 0 Å². The molecular weight excluding hydrogens is 222 g/mol. The highest BCUT2D eigenvalue weighted by Crippen LogP contribution is 2.36. The fourth-order valence-electron chi connectivity index (χ4n) is 1.86. The minimum atomic E-state index is -1.10. The molecule has 0 fully saturated rings. The summed E-state index contributed by atoms with van der Waals surface area (Å²) < 4.78 is 10.4. The Morgan fingerprint density at radius 2 is 1.94 bits per heavy atom. The number of carboxylic acids is 1. The molecule has 5 heteroatoms. The lowest BCUT2D eigenvalue weighted by atomic mass is 9.97. The Morgan fingerprint density at radius 1 is 1.35 bits per heavy atom. The topological polar surface area (TPSA) is 81.8 Å². The number of carboxylic acid groups (broad SMARTS) is 1. The van der Waals surface area contributed by atoms with Crippen LogP contribution in [0.3, 0.4) is 0 Å². The van der Waals surface area contributed by atoms with Gasteiger partial charge >= 0.3 is 5.97 Å². The standard InChI is InChI=1S/C12H17NO4/c1-6-5-8(16-3)7(2)11(17-4)9(6)10(13)12(14)15/h5,10H,13H2,1-4H3,(H,14,15). The number of hydrogen-bond donors (Lipinski definition) is 2. The Bertz CT molecular complexity index is 443. The third kappa shape index (κ3) is 2.34. The Labute approximate surface area is 100 Å². The van der Waals surface area contributed by atoms with Crippen LogP contribution in [0.5, 0.6) is 11.5 Å². The van der Waals surface area contributed by atoms with Crippen LogP contribution in [0.4, 0.5) is 0 Å². The van der Waals surface area contributed by atoms with Crippen LogP contribution in [0.2, 0.25) is 0 Å². The van der Waals surface area contributed by atoms with Crippen LogP contribution in [0.25, 0.3) is 0 Å². The van der Waals surface area contributed by atoms with Crippen LogP contribution in [0, 0.1) is 13.8 Å². The Hall–Kier alpha value is -1.75. The third-order valence-corrected chi connectivity index (χ3v) is 2.73. The number of aliphatic carboxylic acids is 1. The normalized spacial score (nSPS) is 12.1. The molecule has 0 heterocycles. The van der Waals surface area contributed by atoms with E-state index in [0.717, 1.165) is 11.1 Å². The molecule has 0 saturated carbocycles. The molecule has 5 nitrogen and oxygen atoms in total. The Balaban J connectivity index is 3.49. The van der Waals surface area contributed by atoms with E-state index in [1.54, 1.807) is 27.0 Å². The van der Waals surface area contributed by atoms with Gasteiger partial charge in [0.15, 0.2) is 0 Å². The summed E-state index contributed by atoms with van der Waals surface area (Å²) in [4.78, 5) is 11.0. The fourth-order valence-corrected chi connectivity index (χ4v) is 1.86. The van der Waals surface area contributed by atoms with E-state index in [1.807, 2.05) is 0 Å². The van der Waals surface area contributed by atoms with Gasteiger partial charge in [-0.1, -0.05) is 0 Å². The predicted molar refractivity (Wildman–Crippen MR) is 63.6 cm³/mol. The molecule has 0 aliphatic rings. The van der Waals surface area contributed by atoms with E-state index >= 15 is 0 Å². The van der Waals surface area contributed by atoms with E-state index in [4.69, 9.17) is 20.3 Å².